The number of hydroxylamine groups is 2. The third-order valence-electron chi connectivity index (χ3n) is 5.16. The summed E-state index contributed by atoms with van der Waals surface area (Å²) >= 11 is 0. The number of rotatable bonds is 6. The fraction of sp³-hybridized carbons (Fsp3) is 1.00. The molecule has 0 aromatic rings. The third-order valence-corrected chi connectivity index (χ3v) is 5.16. The fourth-order valence-corrected chi connectivity index (χ4v) is 2.96. The number of nitrogens with zero attached hydrogens (tertiary/aromatic N) is 5. The number of hydrogen-bond acceptors (Lipinski definition) is 9. The summed E-state index contributed by atoms with van der Waals surface area (Å²) in [5.74, 6) is 0. The van der Waals surface area contributed by atoms with Crippen molar-refractivity contribution in [3.05, 3.63) is 0 Å². The van der Waals surface area contributed by atoms with E-state index in [4.69, 9.17) is 20.0 Å². The Bertz CT molecular complexity index is 346. The first-order valence-corrected chi connectivity index (χ1v) is 11.1. The molecule has 182 valence electrons. The van der Waals surface area contributed by atoms with E-state index in [0.717, 1.165) is 65.5 Å². The molecule has 2 N–H and O–H groups in total. The van der Waals surface area contributed by atoms with Crippen LogP contribution in [0.25, 0.3) is 0 Å². The first kappa shape index (κ1) is 29.6. The van der Waals surface area contributed by atoms with Gasteiger partial charge in [-0.3, -0.25) is 9.74 Å². The minimum absolute atomic E-state index is 0. The van der Waals surface area contributed by atoms with E-state index in [9.17, 15) is 0 Å². The maximum atomic E-state index is 5.39. The zero-order valence-corrected chi connectivity index (χ0v) is 19.4. The molecule has 0 bridgehead atoms. The lowest BCUT2D eigenvalue weighted by Crippen LogP contribution is -2.45. The van der Waals surface area contributed by atoms with Gasteiger partial charge in [0.15, 0.2) is 0 Å². The van der Waals surface area contributed by atoms with Gasteiger partial charge < -0.3 is 29.9 Å². The summed E-state index contributed by atoms with van der Waals surface area (Å²) in [5, 5.41) is 1.98. The van der Waals surface area contributed by atoms with Gasteiger partial charge in [0.05, 0.1) is 26.6 Å². The zero-order chi connectivity index (χ0) is 21.3. The SMILES string of the molecule is C.CCCON1CCOCC1.CN1CCN(C)CC1.CN1CCN(COCN)CC1. The highest BCUT2D eigenvalue weighted by molar-refractivity contribution is 4.66. The topological polar surface area (TPSA) is 69.9 Å². The molecule has 0 aromatic carbocycles. The second-order valence-corrected chi connectivity index (χ2v) is 7.90. The molecule has 0 atom stereocenters. The molecule has 3 saturated heterocycles. The van der Waals surface area contributed by atoms with Crippen LogP contribution in [0.5, 0.6) is 0 Å². The van der Waals surface area contributed by atoms with Crippen molar-refractivity contribution in [2.75, 3.05) is 120 Å². The second kappa shape index (κ2) is 19.3. The van der Waals surface area contributed by atoms with Crippen molar-refractivity contribution < 1.29 is 14.3 Å². The second-order valence-electron chi connectivity index (χ2n) is 7.90. The predicted molar refractivity (Wildman–Crippen MR) is 124 cm³/mol. The Hall–Kier alpha value is -0.360. The lowest BCUT2D eigenvalue weighted by molar-refractivity contribution is -0.193. The van der Waals surface area contributed by atoms with Gasteiger partial charge in [-0.25, -0.2) is 0 Å². The van der Waals surface area contributed by atoms with Gasteiger partial charge in [-0.05, 0) is 27.6 Å². The first-order chi connectivity index (χ1) is 14.0. The van der Waals surface area contributed by atoms with Crippen molar-refractivity contribution in [2.24, 2.45) is 5.73 Å². The van der Waals surface area contributed by atoms with E-state index in [0.29, 0.717) is 13.5 Å². The minimum atomic E-state index is 0. The molecular weight excluding hydrogens is 384 g/mol. The van der Waals surface area contributed by atoms with Gasteiger partial charge in [0, 0.05) is 65.4 Å². The number of morpholine rings is 1. The lowest BCUT2D eigenvalue weighted by Gasteiger charge is -2.31. The number of piperazine rings is 2. The standard InChI is InChI=1S/C7H17N3O.C7H15NO2.C6H14N2.CH4/c1-9-2-4-10(5-3-9)7-11-6-8;1-2-5-10-8-3-6-9-7-4-8;1-7-3-5-8(2)6-4-7;/h2-8H2,1H3;2-7H2,1H3;3-6H2,1-2H3;1H4. The monoisotopic (exact) mass is 434 g/mol. The maximum Gasteiger partial charge on any atom is 0.101 e. The van der Waals surface area contributed by atoms with E-state index in [-0.39, 0.29) is 7.43 Å². The van der Waals surface area contributed by atoms with Gasteiger partial charge in [-0.2, -0.15) is 5.06 Å². The highest BCUT2D eigenvalue weighted by atomic mass is 16.7. The Kier molecular flexibility index (Phi) is 19.1. The molecule has 9 nitrogen and oxygen atoms in total. The molecule has 0 spiro atoms. The molecule has 0 unspecified atom stereocenters. The lowest BCUT2D eigenvalue weighted by atomic mass is 10.3. The van der Waals surface area contributed by atoms with Gasteiger partial charge in [0.1, 0.15) is 6.73 Å². The maximum absolute atomic E-state index is 5.39. The minimum Gasteiger partial charge on any atom is -0.379 e. The number of ether oxygens (including phenoxy) is 2. The first-order valence-electron chi connectivity index (χ1n) is 11.1. The fourth-order valence-electron chi connectivity index (χ4n) is 2.96. The molecule has 0 saturated carbocycles. The summed E-state index contributed by atoms with van der Waals surface area (Å²) in [4.78, 5) is 14.7. The third kappa shape index (κ3) is 15.4. The van der Waals surface area contributed by atoms with Gasteiger partial charge in [-0.1, -0.05) is 14.4 Å². The zero-order valence-electron chi connectivity index (χ0n) is 19.4. The van der Waals surface area contributed by atoms with Crippen LogP contribution >= 0.6 is 0 Å². The van der Waals surface area contributed by atoms with Crippen LogP contribution in [-0.2, 0) is 14.3 Å². The van der Waals surface area contributed by atoms with Crippen molar-refractivity contribution in [1.82, 2.24) is 24.7 Å². The van der Waals surface area contributed by atoms with Crippen molar-refractivity contribution >= 4 is 0 Å². The quantitative estimate of drug-likeness (QED) is 0.594. The summed E-state index contributed by atoms with van der Waals surface area (Å²) in [6.07, 6.45) is 1.08. The van der Waals surface area contributed by atoms with E-state index >= 15 is 0 Å². The van der Waals surface area contributed by atoms with Gasteiger partial charge in [-0.15, -0.1) is 0 Å². The molecule has 3 aliphatic rings. The summed E-state index contributed by atoms with van der Waals surface area (Å²) in [6.45, 7) is 16.8. The number of nitrogens with two attached hydrogens (primary N) is 1. The molecule has 3 aliphatic heterocycles. The van der Waals surface area contributed by atoms with Crippen molar-refractivity contribution in [1.29, 1.82) is 0 Å². The van der Waals surface area contributed by atoms with E-state index in [1.54, 1.807) is 0 Å². The van der Waals surface area contributed by atoms with Crippen LogP contribution in [0.2, 0.25) is 0 Å². The summed E-state index contributed by atoms with van der Waals surface area (Å²) in [7, 11) is 6.49. The van der Waals surface area contributed by atoms with Crippen LogP contribution in [0.4, 0.5) is 0 Å². The number of hydrogen-bond donors (Lipinski definition) is 1. The molecular formula is C21H50N6O3. The molecule has 9 heteroatoms. The van der Waals surface area contributed by atoms with E-state index < -0.39 is 0 Å². The Balaban J connectivity index is 0.000000418. The predicted octanol–water partition coefficient (Wildman–Crippen LogP) is 0.284. The van der Waals surface area contributed by atoms with Crippen LogP contribution in [-0.4, -0.2) is 145 Å². The average molecular weight is 435 g/mol. The summed E-state index contributed by atoms with van der Waals surface area (Å²) in [5.41, 5.74) is 5.21. The molecule has 0 amide bonds. The average Bonchev–Trinajstić information content (AvgIpc) is 2.76. The number of likely N-dealkylation sites (N-methyl/N-ethyl adjacent to an activating group) is 3. The van der Waals surface area contributed by atoms with Crippen LogP contribution < -0.4 is 5.73 Å². The van der Waals surface area contributed by atoms with Crippen molar-refractivity contribution in [2.45, 2.75) is 20.8 Å². The molecule has 0 aliphatic carbocycles. The highest BCUT2D eigenvalue weighted by Crippen LogP contribution is 1.98. The summed E-state index contributed by atoms with van der Waals surface area (Å²) in [6, 6.07) is 0. The molecule has 30 heavy (non-hydrogen) atoms. The van der Waals surface area contributed by atoms with Crippen LogP contribution in [0, 0.1) is 0 Å². The van der Waals surface area contributed by atoms with Crippen molar-refractivity contribution in [3.63, 3.8) is 0 Å². The van der Waals surface area contributed by atoms with E-state index in [2.05, 4.69) is 47.7 Å². The molecule has 0 aromatic heterocycles. The highest BCUT2D eigenvalue weighted by Gasteiger charge is 2.12. The molecule has 3 rings (SSSR count). The van der Waals surface area contributed by atoms with E-state index in [1.807, 2.05) is 5.06 Å². The molecule has 3 heterocycles. The van der Waals surface area contributed by atoms with E-state index in [1.165, 1.54) is 26.2 Å². The Morgan fingerprint density at radius 2 is 1.23 bits per heavy atom. The van der Waals surface area contributed by atoms with Gasteiger partial charge >= 0.3 is 0 Å². The van der Waals surface area contributed by atoms with Crippen LogP contribution in [0.3, 0.4) is 0 Å². The molecule has 0 radical (unpaired) electrons. The normalized spacial score (nSPS) is 22.3. The Morgan fingerprint density at radius 1 is 0.767 bits per heavy atom. The largest absolute Gasteiger partial charge is 0.379 e. The Labute approximate surface area is 185 Å². The van der Waals surface area contributed by atoms with Gasteiger partial charge in [0.25, 0.3) is 0 Å². The Morgan fingerprint density at radius 3 is 1.67 bits per heavy atom. The summed E-state index contributed by atoms with van der Waals surface area (Å²) < 4.78 is 10.3. The van der Waals surface area contributed by atoms with Crippen molar-refractivity contribution in [3.8, 4) is 0 Å². The van der Waals surface area contributed by atoms with Crippen LogP contribution in [0.15, 0.2) is 0 Å². The van der Waals surface area contributed by atoms with Crippen LogP contribution in [0.1, 0.15) is 20.8 Å². The molecule has 3 fully saturated rings. The van der Waals surface area contributed by atoms with Gasteiger partial charge in [0.2, 0.25) is 0 Å². The smallest absolute Gasteiger partial charge is 0.101 e.